The maximum atomic E-state index is 13.4. The Bertz CT molecular complexity index is 1380. The zero-order valence-electron chi connectivity index (χ0n) is 25.2. The van der Waals surface area contributed by atoms with Gasteiger partial charge in [-0.2, -0.15) is 26.3 Å². The van der Waals surface area contributed by atoms with Gasteiger partial charge in [-0.25, -0.2) is 0 Å². The molecule has 2 heterocycles. The fraction of sp³-hybridized carbons (Fsp3) is 0.548. The number of piperidine rings is 1. The molecule has 15 heteroatoms. The number of halogens is 9. The number of hydrogen-bond acceptors (Lipinski definition) is 4. The average molecular weight is 719 g/mol. The second-order valence-electron chi connectivity index (χ2n) is 12.3. The normalized spacial score (nSPS) is 20.3. The third-order valence-corrected chi connectivity index (χ3v) is 9.80. The molecule has 0 bridgehead atoms. The minimum atomic E-state index is -5.02. The largest absolute Gasteiger partial charge is 0.416 e. The van der Waals surface area contributed by atoms with Crippen LogP contribution in [0.3, 0.4) is 0 Å². The molecule has 4 rings (SSSR count). The predicted octanol–water partition coefficient (Wildman–Crippen LogP) is 7.36. The van der Waals surface area contributed by atoms with Crippen LogP contribution in [0.25, 0.3) is 0 Å². The molecule has 256 valence electrons. The lowest BCUT2D eigenvalue weighted by molar-refractivity contribution is -0.155. The number of nitrogens with zero attached hydrogens (tertiary/aromatic N) is 2. The molecule has 0 saturated carbocycles. The van der Waals surface area contributed by atoms with Crippen molar-refractivity contribution in [3.05, 3.63) is 68.7 Å². The van der Waals surface area contributed by atoms with Crippen LogP contribution in [0.4, 0.5) is 26.3 Å². The van der Waals surface area contributed by atoms with Gasteiger partial charge in [-0.1, -0.05) is 43.1 Å². The maximum absolute atomic E-state index is 13.4. The maximum Gasteiger partial charge on any atom is 0.416 e. The summed E-state index contributed by atoms with van der Waals surface area (Å²) in [6, 6.07) is 6.15. The summed E-state index contributed by atoms with van der Waals surface area (Å²) in [6.07, 6.45) is -8.78. The molecule has 1 atom stereocenters. The molecular weight excluding hydrogens is 683 g/mol. The Morgan fingerprint density at radius 1 is 0.935 bits per heavy atom. The van der Waals surface area contributed by atoms with Gasteiger partial charge in [0.2, 0.25) is 11.8 Å². The van der Waals surface area contributed by atoms with E-state index in [4.69, 9.17) is 33.7 Å². The molecule has 0 aromatic heterocycles. The Balaban J connectivity index is 0.00000576. The van der Waals surface area contributed by atoms with Crippen molar-refractivity contribution >= 4 is 47.4 Å². The van der Waals surface area contributed by atoms with Crippen molar-refractivity contribution in [2.75, 3.05) is 39.3 Å². The number of likely N-dealkylation sites (tertiary alicyclic amines) is 1. The van der Waals surface area contributed by atoms with Crippen molar-refractivity contribution in [3.63, 3.8) is 0 Å². The number of rotatable bonds is 8. The molecule has 2 aromatic rings. The highest BCUT2D eigenvalue weighted by Gasteiger charge is 2.42. The number of morpholine rings is 1. The summed E-state index contributed by atoms with van der Waals surface area (Å²) in [5.41, 5.74) is 1.19. The van der Waals surface area contributed by atoms with Crippen LogP contribution in [-0.4, -0.2) is 60.9 Å². The van der Waals surface area contributed by atoms with E-state index in [2.05, 4.69) is 4.90 Å². The molecule has 0 radical (unpaired) electrons. The highest BCUT2D eigenvalue weighted by molar-refractivity contribution is 6.42. The molecule has 2 aliphatic heterocycles. The van der Waals surface area contributed by atoms with Gasteiger partial charge in [0, 0.05) is 18.5 Å². The number of carbonyl (C=O) groups excluding carboxylic acids is 2. The highest BCUT2D eigenvalue weighted by Crippen LogP contribution is 2.40. The van der Waals surface area contributed by atoms with Gasteiger partial charge in [-0.3, -0.25) is 9.59 Å². The van der Waals surface area contributed by atoms with Crippen molar-refractivity contribution in [3.8, 4) is 0 Å². The second kappa shape index (κ2) is 14.5. The van der Waals surface area contributed by atoms with Gasteiger partial charge in [0.1, 0.15) is 5.60 Å². The number of benzene rings is 2. The Labute approximate surface area is 279 Å². The van der Waals surface area contributed by atoms with E-state index < -0.39 is 52.4 Å². The van der Waals surface area contributed by atoms with Gasteiger partial charge < -0.3 is 20.3 Å². The monoisotopic (exact) mass is 717 g/mol. The van der Waals surface area contributed by atoms with E-state index in [1.54, 1.807) is 18.2 Å². The first kappa shape index (κ1) is 38.2. The van der Waals surface area contributed by atoms with Crippen LogP contribution >= 0.6 is 35.6 Å². The van der Waals surface area contributed by atoms with Crippen molar-refractivity contribution in [2.45, 2.75) is 57.5 Å². The summed E-state index contributed by atoms with van der Waals surface area (Å²) >= 11 is 12.5. The van der Waals surface area contributed by atoms with Crippen molar-refractivity contribution in [1.29, 1.82) is 0 Å². The van der Waals surface area contributed by atoms with E-state index in [9.17, 15) is 35.9 Å². The lowest BCUT2D eigenvalue weighted by Crippen LogP contribution is -2.53. The first-order valence-corrected chi connectivity index (χ1v) is 15.3. The van der Waals surface area contributed by atoms with Crippen LogP contribution in [0.15, 0.2) is 36.4 Å². The van der Waals surface area contributed by atoms with E-state index in [0.29, 0.717) is 48.8 Å². The first-order valence-electron chi connectivity index (χ1n) is 14.5. The van der Waals surface area contributed by atoms with Gasteiger partial charge in [-0.05, 0) is 79.7 Å². The zero-order chi connectivity index (χ0) is 33.4. The highest BCUT2D eigenvalue weighted by atomic mass is 35.5. The summed E-state index contributed by atoms with van der Waals surface area (Å²) in [5.74, 6) is -0.854. The molecule has 2 N–H and O–H groups in total. The molecule has 2 aliphatic rings. The molecule has 46 heavy (non-hydrogen) atoms. The van der Waals surface area contributed by atoms with Crippen LogP contribution in [0.1, 0.15) is 55.4 Å². The SMILES string of the molecule is CC(C)(C(N)=O)C1CCN(CCC2(c3ccc(Cl)c(Cl)c3)CN(C(=O)Cc3cc(C(F)(F)F)cc(C(F)(F)F)c3)CCO2)CC1.Cl. The Morgan fingerprint density at radius 2 is 1.52 bits per heavy atom. The second-order valence-corrected chi connectivity index (χ2v) is 13.1. The number of nitrogens with two attached hydrogens (primary N) is 1. The van der Waals surface area contributed by atoms with Gasteiger partial charge in [-0.15, -0.1) is 12.4 Å². The third kappa shape index (κ3) is 8.80. The molecule has 0 aliphatic carbocycles. The van der Waals surface area contributed by atoms with E-state index in [0.717, 1.165) is 12.8 Å². The van der Waals surface area contributed by atoms with Crippen molar-refractivity contribution in [1.82, 2.24) is 9.80 Å². The molecule has 2 amide bonds. The van der Waals surface area contributed by atoms with Crippen LogP contribution < -0.4 is 5.73 Å². The van der Waals surface area contributed by atoms with Crippen molar-refractivity contribution < 1.29 is 40.7 Å². The fourth-order valence-corrected chi connectivity index (χ4v) is 6.37. The number of alkyl halides is 6. The molecule has 1 unspecified atom stereocenters. The zero-order valence-corrected chi connectivity index (χ0v) is 27.6. The Kier molecular flexibility index (Phi) is 12.0. The molecular formula is C31H36Cl3F6N3O3. The number of amides is 2. The first-order chi connectivity index (χ1) is 20.8. The fourth-order valence-electron chi connectivity index (χ4n) is 6.07. The summed E-state index contributed by atoms with van der Waals surface area (Å²) in [4.78, 5) is 29.0. The third-order valence-electron chi connectivity index (χ3n) is 9.06. The predicted molar refractivity (Wildman–Crippen MR) is 165 cm³/mol. The van der Waals surface area contributed by atoms with Crippen LogP contribution in [0.2, 0.25) is 10.0 Å². The Hall–Kier alpha value is -2.25. The number of hydrogen-bond donors (Lipinski definition) is 1. The topological polar surface area (TPSA) is 75.9 Å². The van der Waals surface area contributed by atoms with Gasteiger partial charge in [0.05, 0.1) is 40.7 Å². The Morgan fingerprint density at radius 3 is 2.04 bits per heavy atom. The molecule has 6 nitrogen and oxygen atoms in total. The van der Waals surface area contributed by atoms with E-state index >= 15 is 0 Å². The average Bonchev–Trinajstić information content (AvgIpc) is 2.96. The minimum absolute atomic E-state index is 0. The van der Waals surface area contributed by atoms with Gasteiger partial charge in [0.15, 0.2) is 0 Å². The smallest absolute Gasteiger partial charge is 0.369 e. The van der Waals surface area contributed by atoms with Crippen LogP contribution in [-0.2, 0) is 38.7 Å². The standard InChI is InChI=1S/C31H35Cl2F6N3O3.ClH/c1-28(2,27(40)44)20-5-8-41(9-6-20)10-7-29(21-3-4-24(32)25(33)17-21)18-42(11-12-45-29)26(43)15-19-13-22(30(34,35)36)16-23(14-19)31(37,38)39;/h3-4,13-14,16-17,20H,5-12,15,18H2,1-2H3,(H2,40,44);1H. The number of primary amides is 1. The summed E-state index contributed by atoms with van der Waals surface area (Å²) in [6.45, 7) is 5.84. The van der Waals surface area contributed by atoms with E-state index in [1.165, 1.54) is 4.90 Å². The quantitative estimate of drug-likeness (QED) is 0.290. The van der Waals surface area contributed by atoms with Crippen LogP contribution in [0, 0.1) is 11.3 Å². The summed E-state index contributed by atoms with van der Waals surface area (Å²) < 4.78 is 86.8. The van der Waals surface area contributed by atoms with Gasteiger partial charge in [0.25, 0.3) is 0 Å². The molecule has 2 saturated heterocycles. The minimum Gasteiger partial charge on any atom is -0.369 e. The summed E-state index contributed by atoms with van der Waals surface area (Å²) in [5, 5.41) is 0.571. The lowest BCUT2D eigenvalue weighted by atomic mass is 9.73. The van der Waals surface area contributed by atoms with Gasteiger partial charge >= 0.3 is 12.4 Å². The van der Waals surface area contributed by atoms with Crippen LogP contribution in [0.5, 0.6) is 0 Å². The summed E-state index contributed by atoms with van der Waals surface area (Å²) in [7, 11) is 0. The van der Waals surface area contributed by atoms with E-state index in [1.807, 2.05) is 13.8 Å². The molecule has 2 fully saturated rings. The molecule has 0 spiro atoms. The number of ether oxygens (including phenoxy) is 1. The number of carbonyl (C=O) groups is 2. The lowest BCUT2D eigenvalue weighted by Gasteiger charge is -2.45. The molecule has 2 aromatic carbocycles. The van der Waals surface area contributed by atoms with E-state index in [-0.39, 0.29) is 55.0 Å². The van der Waals surface area contributed by atoms with Crippen molar-refractivity contribution in [2.24, 2.45) is 17.1 Å².